The summed E-state index contributed by atoms with van der Waals surface area (Å²) in [5.74, 6) is -1.02. The fourth-order valence-corrected chi connectivity index (χ4v) is 5.40. The van der Waals surface area contributed by atoms with Gasteiger partial charge in [0.15, 0.2) is 0 Å². The van der Waals surface area contributed by atoms with E-state index in [0.717, 1.165) is 32.2 Å². The van der Waals surface area contributed by atoms with E-state index in [0.29, 0.717) is 48.6 Å². The lowest BCUT2D eigenvalue weighted by Gasteiger charge is -2.32. The van der Waals surface area contributed by atoms with Crippen LogP contribution in [0.1, 0.15) is 61.1 Å². The van der Waals surface area contributed by atoms with Crippen molar-refractivity contribution in [3.8, 4) is 22.8 Å². The van der Waals surface area contributed by atoms with Gasteiger partial charge in [0.05, 0.1) is 37.6 Å². The molecule has 1 saturated heterocycles. The smallest absolute Gasteiger partial charge is 0.387 e. The molecule has 0 radical (unpaired) electrons. The van der Waals surface area contributed by atoms with Crippen LogP contribution in [0.3, 0.4) is 0 Å². The maximum atomic E-state index is 13.3. The number of esters is 1. The van der Waals surface area contributed by atoms with E-state index in [4.69, 9.17) is 14.2 Å². The minimum absolute atomic E-state index is 0.0194. The molecule has 12 heteroatoms. The van der Waals surface area contributed by atoms with Gasteiger partial charge >= 0.3 is 12.6 Å². The first-order valence-corrected chi connectivity index (χ1v) is 14.3. The molecule has 2 N–H and O–H groups in total. The van der Waals surface area contributed by atoms with Crippen molar-refractivity contribution in [2.45, 2.75) is 57.8 Å². The number of aliphatic hydroxyl groups excluding tert-OH is 1. The van der Waals surface area contributed by atoms with Crippen molar-refractivity contribution in [2.24, 2.45) is 5.92 Å². The van der Waals surface area contributed by atoms with E-state index in [9.17, 15) is 23.5 Å². The number of benzene rings is 1. The number of methoxy groups -OCH3 is 1. The predicted octanol–water partition coefficient (Wildman–Crippen LogP) is 4.20. The quantitative estimate of drug-likeness (QED) is 0.304. The number of halogens is 2. The number of amides is 1. The largest absolute Gasteiger partial charge is 0.496 e. The Kier molecular flexibility index (Phi) is 9.22. The Labute approximate surface area is 242 Å². The zero-order valence-corrected chi connectivity index (χ0v) is 23.7. The number of aromatic nitrogens is 2. The molecule has 1 amide bonds. The summed E-state index contributed by atoms with van der Waals surface area (Å²) in [6.45, 7) is 1.16. The lowest BCUT2D eigenvalue weighted by molar-refractivity contribution is -0.149. The molecule has 2 unspecified atom stereocenters. The van der Waals surface area contributed by atoms with Gasteiger partial charge in [-0.15, -0.1) is 0 Å². The number of nitrogens with zero attached hydrogens (tertiary/aromatic N) is 3. The summed E-state index contributed by atoms with van der Waals surface area (Å²) in [6.07, 6.45) is 6.47. The van der Waals surface area contributed by atoms with Gasteiger partial charge in [-0.1, -0.05) is 0 Å². The summed E-state index contributed by atoms with van der Waals surface area (Å²) in [6, 6.07) is 6.55. The number of carbonyl (C=O) groups excluding carboxylic acids is 2. The molecular formula is C30H36F2N4O6. The zero-order chi connectivity index (χ0) is 29.8. The fourth-order valence-electron chi connectivity index (χ4n) is 5.40. The highest BCUT2D eigenvalue weighted by Gasteiger charge is 2.30. The third kappa shape index (κ3) is 6.81. The van der Waals surface area contributed by atoms with Gasteiger partial charge in [0.2, 0.25) is 0 Å². The summed E-state index contributed by atoms with van der Waals surface area (Å²) in [4.78, 5) is 31.6. The van der Waals surface area contributed by atoms with Gasteiger partial charge in [-0.25, -0.2) is 4.98 Å². The van der Waals surface area contributed by atoms with Crippen LogP contribution in [0.4, 0.5) is 8.78 Å². The van der Waals surface area contributed by atoms with Crippen LogP contribution in [0.2, 0.25) is 0 Å². The van der Waals surface area contributed by atoms with Gasteiger partial charge in [0.1, 0.15) is 22.7 Å². The number of likely N-dealkylation sites (tertiary alicyclic amines) is 1. The maximum Gasteiger partial charge on any atom is 0.387 e. The number of alkyl halides is 2. The molecule has 2 atom stereocenters. The van der Waals surface area contributed by atoms with Crippen LogP contribution < -0.4 is 14.8 Å². The van der Waals surface area contributed by atoms with Crippen LogP contribution in [0, 0.1) is 5.92 Å². The minimum Gasteiger partial charge on any atom is -0.496 e. The molecule has 226 valence electrons. The van der Waals surface area contributed by atoms with Gasteiger partial charge < -0.3 is 29.5 Å². The third-order valence-electron chi connectivity index (χ3n) is 7.70. The lowest BCUT2D eigenvalue weighted by atomic mass is 9.97. The zero-order valence-electron chi connectivity index (χ0n) is 23.7. The van der Waals surface area contributed by atoms with E-state index in [1.54, 1.807) is 41.9 Å². The summed E-state index contributed by atoms with van der Waals surface area (Å²) >= 11 is 0. The first-order chi connectivity index (χ1) is 20.3. The summed E-state index contributed by atoms with van der Waals surface area (Å²) in [5.41, 5.74) is 2.18. The first kappa shape index (κ1) is 29.7. The van der Waals surface area contributed by atoms with Crippen molar-refractivity contribution in [3.05, 3.63) is 47.8 Å². The van der Waals surface area contributed by atoms with E-state index < -0.39 is 18.6 Å². The number of imidazole rings is 1. The molecule has 1 aromatic carbocycles. The van der Waals surface area contributed by atoms with Gasteiger partial charge in [-0.3, -0.25) is 14.0 Å². The van der Waals surface area contributed by atoms with E-state index in [1.165, 1.54) is 13.2 Å². The number of ether oxygens (including phenoxy) is 3. The molecule has 1 saturated carbocycles. The number of pyridine rings is 1. The van der Waals surface area contributed by atoms with Crippen LogP contribution >= 0.6 is 0 Å². The second-order valence-corrected chi connectivity index (χ2v) is 10.7. The number of nitrogens with one attached hydrogen (secondary N) is 1. The first-order valence-electron chi connectivity index (χ1n) is 14.3. The SMILES string of the molecule is CCOC(=O)C1CCCN(CCC(O)c2ccn3c(-c4cc(OC)c(C(=O)NC5CC5)c(OC(F)F)c4)cnc3c2)C1. The van der Waals surface area contributed by atoms with Gasteiger partial charge in [0, 0.05) is 30.9 Å². The van der Waals surface area contributed by atoms with E-state index in [2.05, 4.69) is 15.2 Å². The Morgan fingerprint density at radius 1 is 1.19 bits per heavy atom. The molecule has 0 bridgehead atoms. The molecule has 3 heterocycles. The van der Waals surface area contributed by atoms with Gasteiger partial charge in [-0.05, 0) is 75.4 Å². The highest BCUT2D eigenvalue weighted by Crippen LogP contribution is 2.37. The topological polar surface area (TPSA) is 115 Å². The van der Waals surface area contributed by atoms with Crippen molar-refractivity contribution < 1.29 is 37.7 Å². The molecule has 2 aliphatic rings. The Morgan fingerprint density at radius 3 is 2.69 bits per heavy atom. The summed E-state index contributed by atoms with van der Waals surface area (Å²) in [7, 11) is 1.36. The molecule has 5 rings (SSSR count). The van der Waals surface area contributed by atoms with E-state index in [1.807, 2.05) is 0 Å². The normalized spacial score (nSPS) is 18.2. The molecule has 3 aromatic rings. The summed E-state index contributed by atoms with van der Waals surface area (Å²) < 4.78 is 43.8. The highest BCUT2D eigenvalue weighted by atomic mass is 19.3. The molecule has 0 spiro atoms. The molecule has 2 fully saturated rings. The highest BCUT2D eigenvalue weighted by molar-refractivity contribution is 6.01. The Bertz CT molecular complexity index is 1430. The standard InChI is InChI=1S/C30H36F2N4O6/c1-3-41-29(39)19-5-4-10-35(17-19)11-9-23(37)18-8-12-36-22(16-33-26(36)15-18)20-13-24(40-2)27(25(14-20)42-30(31)32)28(38)34-21-6-7-21/h8,12-16,19,21,23,30,37H,3-7,9-11,17H2,1-2H3,(H,34,38). The predicted molar refractivity (Wildman–Crippen MR) is 150 cm³/mol. The number of hydrogen-bond donors (Lipinski definition) is 2. The second-order valence-electron chi connectivity index (χ2n) is 10.7. The number of carbonyl (C=O) groups is 2. The van der Waals surface area contributed by atoms with Crippen molar-refractivity contribution in [3.63, 3.8) is 0 Å². The number of fused-ring (bicyclic) bond motifs is 1. The molecule has 1 aliphatic carbocycles. The number of rotatable bonds is 12. The third-order valence-corrected chi connectivity index (χ3v) is 7.70. The van der Waals surface area contributed by atoms with E-state index in [-0.39, 0.29) is 35.0 Å². The maximum absolute atomic E-state index is 13.3. The van der Waals surface area contributed by atoms with Crippen molar-refractivity contribution in [1.82, 2.24) is 19.6 Å². The van der Waals surface area contributed by atoms with Crippen LogP contribution in [0.5, 0.6) is 11.5 Å². The van der Waals surface area contributed by atoms with Crippen molar-refractivity contribution in [1.29, 1.82) is 0 Å². The molecule has 2 aromatic heterocycles. The van der Waals surface area contributed by atoms with Crippen molar-refractivity contribution >= 4 is 17.5 Å². The summed E-state index contributed by atoms with van der Waals surface area (Å²) in [5, 5.41) is 13.7. The Morgan fingerprint density at radius 2 is 1.98 bits per heavy atom. The lowest BCUT2D eigenvalue weighted by Crippen LogP contribution is -2.40. The number of aliphatic hydroxyl groups is 1. The molecular weight excluding hydrogens is 550 g/mol. The van der Waals surface area contributed by atoms with Crippen LogP contribution in [-0.2, 0) is 9.53 Å². The monoisotopic (exact) mass is 586 g/mol. The molecule has 1 aliphatic heterocycles. The second kappa shape index (κ2) is 13.0. The van der Waals surface area contributed by atoms with Crippen LogP contribution in [0.25, 0.3) is 16.9 Å². The molecule has 42 heavy (non-hydrogen) atoms. The van der Waals surface area contributed by atoms with Crippen LogP contribution in [0.15, 0.2) is 36.7 Å². The average molecular weight is 587 g/mol. The fraction of sp³-hybridized carbons (Fsp3) is 0.500. The van der Waals surface area contributed by atoms with E-state index >= 15 is 0 Å². The van der Waals surface area contributed by atoms with Crippen LogP contribution in [-0.4, -0.2) is 77.3 Å². The average Bonchev–Trinajstić information content (AvgIpc) is 3.69. The number of hydrogen-bond acceptors (Lipinski definition) is 8. The Balaban J connectivity index is 1.33. The van der Waals surface area contributed by atoms with Gasteiger partial charge in [0.25, 0.3) is 5.91 Å². The van der Waals surface area contributed by atoms with Crippen molar-refractivity contribution in [2.75, 3.05) is 33.4 Å². The van der Waals surface area contributed by atoms with Gasteiger partial charge in [-0.2, -0.15) is 8.78 Å². The molecule has 10 nitrogen and oxygen atoms in total. The minimum atomic E-state index is -3.13. The number of piperidine rings is 1. The Hall–Kier alpha value is -3.77.